The van der Waals surface area contributed by atoms with Gasteiger partial charge in [0.15, 0.2) is 0 Å². The van der Waals surface area contributed by atoms with Crippen LogP contribution in [0.1, 0.15) is 47.4 Å². The number of fused-ring (bicyclic) bond motifs is 4. The molecule has 2 aromatic rings. The molecule has 6 rings (SSSR count). The number of nitrogens with zero attached hydrogens (tertiary/aromatic N) is 1. The van der Waals surface area contributed by atoms with Gasteiger partial charge in [0, 0.05) is 24.0 Å². The molecule has 2 aromatic carbocycles. The largest absolute Gasteiger partial charge is 0.296 e. The zero-order chi connectivity index (χ0) is 21.4. The number of sulfonamides is 1. The monoisotopic (exact) mass is 440 g/mol. The van der Waals surface area contributed by atoms with Gasteiger partial charge >= 0.3 is 0 Å². The minimum atomic E-state index is -3.17. The summed E-state index contributed by atoms with van der Waals surface area (Å²) in [4.78, 5) is 2.45. The van der Waals surface area contributed by atoms with E-state index in [4.69, 9.17) is 0 Å². The molecule has 0 bridgehead atoms. The second-order valence-electron chi connectivity index (χ2n) is 10.0. The van der Waals surface area contributed by atoms with Crippen molar-refractivity contribution >= 4 is 10.0 Å². The topological polar surface area (TPSA) is 49.2 Å². The van der Waals surface area contributed by atoms with E-state index >= 15 is 0 Å². The van der Waals surface area contributed by atoms with E-state index in [0.29, 0.717) is 36.4 Å². The Hall–Kier alpha value is -1.76. The first-order valence-corrected chi connectivity index (χ1v) is 13.0. The minimum Gasteiger partial charge on any atom is -0.296 e. The number of likely N-dealkylation sites (N-methyl/N-ethyl adjacent to an activating group) is 1. The van der Waals surface area contributed by atoms with Gasteiger partial charge in [0.1, 0.15) is 5.82 Å². The number of nitrogens with one attached hydrogen (secondary N) is 1. The molecular formula is C25H29FN2O2S. The molecule has 0 radical (unpaired) electrons. The average Bonchev–Trinajstić information content (AvgIpc) is 3.52. The van der Waals surface area contributed by atoms with Crippen LogP contribution < -0.4 is 4.72 Å². The van der Waals surface area contributed by atoms with Gasteiger partial charge in [0.2, 0.25) is 10.0 Å². The first kappa shape index (κ1) is 19.9. The Bertz CT molecular complexity index is 1130. The van der Waals surface area contributed by atoms with E-state index < -0.39 is 10.0 Å². The lowest BCUT2D eigenvalue weighted by atomic mass is 9.81. The van der Waals surface area contributed by atoms with E-state index in [1.165, 1.54) is 22.8 Å². The molecular weight excluding hydrogens is 411 g/mol. The summed E-state index contributed by atoms with van der Waals surface area (Å²) >= 11 is 0. The molecule has 31 heavy (non-hydrogen) atoms. The summed E-state index contributed by atoms with van der Waals surface area (Å²) < 4.78 is 41.2. The van der Waals surface area contributed by atoms with Crippen LogP contribution in [0.25, 0.3) is 0 Å². The lowest BCUT2D eigenvalue weighted by molar-refractivity contribution is 0.226. The van der Waals surface area contributed by atoms with Crippen molar-refractivity contribution in [2.24, 2.45) is 5.41 Å². The molecule has 164 valence electrons. The van der Waals surface area contributed by atoms with Gasteiger partial charge in [-0.15, -0.1) is 0 Å². The van der Waals surface area contributed by atoms with Crippen molar-refractivity contribution in [3.05, 3.63) is 70.5 Å². The second kappa shape index (κ2) is 6.87. The maximum absolute atomic E-state index is 13.8. The molecule has 1 heterocycles. The first-order valence-electron chi connectivity index (χ1n) is 11.5. The molecule has 1 saturated heterocycles. The van der Waals surface area contributed by atoms with Gasteiger partial charge in [0.25, 0.3) is 0 Å². The van der Waals surface area contributed by atoms with Crippen molar-refractivity contribution in [1.29, 1.82) is 0 Å². The Balaban J connectivity index is 1.21. The van der Waals surface area contributed by atoms with E-state index in [9.17, 15) is 12.8 Å². The third-order valence-electron chi connectivity index (χ3n) is 8.35. The number of rotatable bonds is 7. The fraction of sp³-hybridized carbons (Fsp3) is 0.520. The van der Waals surface area contributed by atoms with Gasteiger partial charge in [-0.25, -0.2) is 17.5 Å². The standard InChI is InChI=1S/C25H29FN2O2S/c1-28-23-24(28)25(23)15-18-9-8-16(10-11-27-31(29,30)20-6-3-7-20)13-21(18)22(25)14-17-4-2-5-19(26)12-17/h2,4-5,8-9,12-13,20,22-24,27H,3,6-7,10-11,14-15H2,1H3. The maximum Gasteiger partial charge on any atom is 0.214 e. The predicted octanol–water partition coefficient (Wildman–Crippen LogP) is 3.41. The molecule has 1 aliphatic heterocycles. The molecule has 3 aliphatic carbocycles. The first-order chi connectivity index (χ1) is 14.9. The summed E-state index contributed by atoms with van der Waals surface area (Å²) in [6.07, 6.45) is 5.26. The smallest absolute Gasteiger partial charge is 0.214 e. The molecule has 2 saturated carbocycles. The quantitative estimate of drug-likeness (QED) is 0.672. The summed E-state index contributed by atoms with van der Waals surface area (Å²) in [7, 11) is -0.971. The van der Waals surface area contributed by atoms with E-state index in [1.54, 1.807) is 12.1 Å². The van der Waals surface area contributed by atoms with Crippen LogP contribution in [0.4, 0.5) is 4.39 Å². The lowest BCUT2D eigenvalue weighted by Crippen LogP contribution is -2.39. The minimum absolute atomic E-state index is 0.171. The highest BCUT2D eigenvalue weighted by atomic mass is 32.2. The zero-order valence-electron chi connectivity index (χ0n) is 17.9. The van der Waals surface area contributed by atoms with Crippen molar-refractivity contribution < 1.29 is 12.8 Å². The molecule has 1 spiro atoms. The van der Waals surface area contributed by atoms with Gasteiger partial charge in [-0.2, -0.15) is 0 Å². The lowest BCUT2D eigenvalue weighted by Gasteiger charge is -2.29. The Labute approximate surface area is 183 Å². The van der Waals surface area contributed by atoms with Gasteiger partial charge in [0.05, 0.1) is 5.25 Å². The highest BCUT2D eigenvalue weighted by molar-refractivity contribution is 7.90. The van der Waals surface area contributed by atoms with Crippen LogP contribution in [-0.4, -0.2) is 44.2 Å². The van der Waals surface area contributed by atoms with Crippen molar-refractivity contribution in [2.75, 3.05) is 13.6 Å². The maximum atomic E-state index is 13.8. The third kappa shape index (κ3) is 3.10. The van der Waals surface area contributed by atoms with Crippen LogP contribution in [0.2, 0.25) is 0 Å². The molecule has 3 fully saturated rings. The highest BCUT2D eigenvalue weighted by Gasteiger charge is 2.84. The molecule has 4 aliphatic rings. The van der Waals surface area contributed by atoms with Gasteiger partial charge in [-0.3, -0.25) is 4.90 Å². The zero-order valence-corrected chi connectivity index (χ0v) is 18.7. The van der Waals surface area contributed by atoms with Crippen LogP contribution in [0, 0.1) is 11.2 Å². The summed E-state index contributed by atoms with van der Waals surface area (Å²) in [6.45, 7) is 0.450. The molecule has 3 atom stereocenters. The Morgan fingerprint density at radius 2 is 1.94 bits per heavy atom. The van der Waals surface area contributed by atoms with Gasteiger partial charge < -0.3 is 0 Å². The van der Waals surface area contributed by atoms with E-state index in [2.05, 4.69) is 34.9 Å². The van der Waals surface area contributed by atoms with Gasteiger partial charge in [-0.05, 0) is 79.5 Å². The van der Waals surface area contributed by atoms with E-state index in [-0.39, 0.29) is 11.1 Å². The van der Waals surface area contributed by atoms with E-state index in [1.807, 2.05) is 6.07 Å². The molecule has 1 N–H and O–H groups in total. The van der Waals surface area contributed by atoms with Crippen LogP contribution in [0.5, 0.6) is 0 Å². The highest BCUT2D eigenvalue weighted by Crippen LogP contribution is 2.76. The average molecular weight is 441 g/mol. The Morgan fingerprint density at radius 3 is 2.61 bits per heavy atom. The van der Waals surface area contributed by atoms with Crippen LogP contribution >= 0.6 is 0 Å². The third-order valence-corrected chi connectivity index (χ3v) is 10.3. The Morgan fingerprint density at radius 1 is 1.13 bits per heavy atom. The summed E-state index contributed by atoms with van der Waals surface area (Å²) in [5.41, 5.74) is 5.36. The fourth-order valence-corrected chi connectivity index (χ4v) is 7.99. The molecule has 3 unspecified atom stereocenters. The van der Waals surface area contributed by atoms with Crippen molar-refractivity contribution in [3.8, 4) is 0 Å². The van der Waals surface area contributed by atoms with Crippen molar-refractivity contribution in [1.82, 2.24) is 9.62 Å². The summed E-state index contributed by atoms with van der Waals surface area (Å²) in [6, 6.07) is 15.0. The SMILES string of the molecule is CN1C2C1C21Cc2ccc(CCNS(=O)(=O)C3CCC3)cc2C1Cc1cccc(F)c1. The van der Waals surface area contributed by atoms with Crippen LogP contribution in [-0.2, 0) is 29.3 Å². The number of hydrogen-bond donors (Lipinski definition) is 1. The fourth-order valence-electron chi connectivity index (χ4n) is 6.42. The predicted molar refractivity (Wildman–Crippen MR) is 119 cm³/mol. The number of hydrogen-bond acceptors (Lipinski definition) is 3. The molecule has 0 amide bonds. The molecule has 0 aromatic heterocycles. The summed E-state index contributed by atoms with van der Waals surface area (Å²) in [5, 5.41) is -0.193. The van der Waals surface area contributed by atoms with E-state index in [0.717, 1.165) is 37.7 Å². The number of benzene rings is 2. The van der Waals surface area contributed by atoms with Crippen molar-refractivity contribution in [3.63, 3.8) is 0 Å². The molecule has 4 nitrogen and oxygen atoms in total. The number of halogens is 1. The normalized spacial score (nSPS) is 33.1. The van der Waals surface area contributed by atoms with Gasteiger partial charge in [-0.1, -0.05) is 36.8 Å². The Kier molecular flexibility index (Phi) is 4.41. The van der Waals surface area contributed by atoms with Crippen molar-refractivity contribution in [2.45, 2.75) is 61.8 Å². The van der Waals surface area contributed by atoms with Crippen LogP contribution in [0.15, 0.2) is 42.5 Å². The summed E-state index contributed by atoms with van der Waals surface area (Å²) in [5.74, 6) is 0.234. The number of likely N-dealkylation sites (tertiary alicyclic amines) is 1. The molecule has 6 heteroatoms. The second-order valence-corrected chi connectivity index (χ2v) is 12.1. The van der Waals surface area contributed by atoms with Crippen LogP contribution in [0.3, 0.4) is 0 Å².